The first-order valence-electron chi connectivity index (χ1n) is 10.8. The molecule has 32 heavy (non-hydrogen) atoms. The molecule has 3 rings (SSSR count). The zero-order chi connectivity index (χ0) is 22.8. The number of benzene rings is 1. The monoisotopic (exact) mass is 455 g/mol. The third-order valence-electron chi connectivity index (χ3n) is 4.65. The lowest BCUT2D eigenvalue weighted by molar-refractivity contribution is -0.118. The van der Waals surface area contributed by atoms with Crippen LogP contribution >= 0.6 is 11.8 Å². The molecule has 0 fully saturated rings. The van der Waals surface area contributed by atoms with E-state index in [-0.39, 0.29) is 11.7 Å². The summed E-state index contributed by atoms with van der Waals surface area (Å²) in [6, 6.07) is 9.68. The normalized spacial score (nSPS) is 10.7. The van der Waals surface area contributed by atoms with Crippen molar-refractivity contribution in [3.8, 4) is 22.9 Å². The van der Waals surface area contributed by atoms with Crippen LogP contribution in [0.5, 0.6) is 11.5 Å². The first kappa shape index (κ1) is 23.6. The van der Waals surface area contributed by atoms with E-state index in [9.17, 15) is 4.79 Å². The van der Waals surface area contributed by atoms with Crippen molar-refractivity contribution >= 4 is 17.7 Å². The van der Waals surface area contributed by atoms with Gasteiger partial charge in [-0.2, -0.15) is 0 Å². The van der Waals surface area contributed by atoms with Crippen molar-refractivity contribution in [2.45, 2.75) is 38.9 Å². The van der Waals surface area contributed by atoms with Crippen molar-refractivity contribution in [3.63, 3.8) is 0 Å². The van der Waals surface area contributed by atoms with Gasteiger partial charge >= 0.3 is 0 Å². The molecule has 0 aliphatic rings. The Labute approximate surface area is 192 Å². The third kappa shape index (κ3) is 6.23. The number of ether oxygens (including phenoxy) is 2. The van der Waals surface area contributed by atoms with E-state index in [2.05, 4.69) is 20.5 Å². The summed E-state index contributed by atoms with van der Waals surface area (Å²) in [5.41, 5.74) is 2.03. The SMILES string of the molecule is CCOc1ccc(CCNC(=O)CSc2nnc(-c3ccncc3)n2CC)cc1OCC. The Balaban J connectivity index is 1.51. The van der Waals surface area contributed by atoms with E-state index in [1.807, 2.05) is 55.7 Å². The maximum absolute atomic E-state index is 12.3. The Kier molecular flexibility index (Phi) is 8.91. The van der Waals surface area contributed by atoms with Crippen LogP contribution in [-0.4, -0.2) is 51.2 Å². The van der Waals surface area contributed by atoms with Crippen molar-refractivity contribution in [1.29, 1.82) is 0 Å². The van der Waals surface area contributed by atoms with Crippen LogP contribution in [0.3, 0.4) is 0 Å². The van der Waals surface area contributed by atoms with Crippen molar-refractivity contribution in [2.24, 2.45) is 0 Å². The second-order valence-electron chi connectivity index (χ2n) is 6.82. The standard InChI is InChI=1S/C23H29N5O3S/c1-4-28-22(18-10-12-24-13-11-18)26-27-23(28)32-16-21(29)25-14-9-17-7-8-19(30-5-2)20(15-17)31-6-3/h7-8,10-13,15H,4-6,9,14,16H2,1-3H3,(H,25,29). The average Bonchev–Trinajstić information content (AvgIpc) is 3.23. The molecule has 0 bridgehead atoms. The Hall–Kier alpha value is -3.07. The summed E-state index contributed by atoms with van der Waals surface area (Å²) in [4.78, 5) is 16.4. The summed E-state index contributed by atoms with van der Waals surface area (Å²) in [5, 5.41) is 12.2. The highest BCUT2D eigenvalue weighted by atomic mass is 32.2. The molecule has 0 radical (unpaired) electrons. The fourth-order valence-electron chi connectivity index (χ4n) is 3.17. The molecular weight excluding hydrogens is 426 g/mol. The first-order valence-corrected chi connectivity index (χ1v) is 11.8. The van der Waals surface area contributed by atoms with E-state index >= 15 is 0 Å². The summed E-state index contributed by atoms with van der Waals surface area (Å²) in [6.07, 6.45) is 4.16. The van der Waals surface area contributed by atoms with Gasteiger partial charge in [-0.05, 0) is 57.0 Å². The summed E-state index contributed by atoms with van der Waals surface area (Å²) >= 11 is 1.38. The zero-order valence-electron chi connectivity index (χ0n) is 18.7. The average molecular weight is 456 g/mol. The van der Waals surface area contributed by atoms with E-state index in [4.69, 9.17) is 9.47 Å². The Morgan fingerprint density at radius 3 is 2.50 bits per heavy atom. The van der Waals surface area contributed by atoms with Crippen LogP contribution in [0, 0.1) is 0 Å². The van der Waals surface area contributed by atoms with Gasteiger partial charge in [-0.15, -0.1) is 10.2 Å². The van der Waals surface area contributed by atoms with Gasteiger partial charge in [0.15, 0.2) is 22.5 Å². The van der Waals surface area contributed by atoms with Crippen LogP contribution in [-0.2, 0) is 17.8 Å². The van der Waals surface area contributed by atoms with Gasteiger partial charge in [-0.25, -0.2) is 0 Å². The predicted molar refractivity (Wildman–Crippen MR) is 125 cm³/mol. The molecule has 1 N–H and O–H groups in total. The number of rotatable bonds is 12. The lowest BCUT2D eigenvalue weighted by Gasteiger charge is -2.12. The van der Waals surface area contributed by atoms with Crippen LogP contribution in [0.4, 0.5) is 0 Å². The number of amides is 1. The molecule has 0 spiro atoms. The van der Waals surface area contributed by atoms with Gasteiger partial charge in [-0.1, -0.05) is 17.8 Å². The lowest BCUT2D eigenvalue weighted by Crippen LogP contribution is -2.27. The number of carbonyl (C=O) groups excluding carboxylic acids is 1. The van der Waals surface area contributed by atoms with E-state index in [1.165, 1.54) is 11.8 Å². The van der Waals surface area contributed by atoms with E-state index < -0.39 is 0 Å². The second kappa shape index (κ2) is 12.1. The molecule has 2 heterocycles. The lowest BCUT2D eigenvalue weighted by atomic mass is 10.1. The zero-order valence-corrected chi connectivity index (χ0v) is 19.5. The molecule has 0 aliphatic heterocycles. The van der Waals surface area contributed by atoms with E-state index in [0.717, 1.165) is 33.6 Å². The molecule has 1 aromatic carbocycles. The van der Waals surface area contributed by atoms with Gasteiger partial charge < -0.3 is 19.4 Å². The number of hydrogen-bond acceptors (Lipinski definition) is 7. The van der Waals surface area contributed by atoms with Crippen molar-refractivity contribution < 1.29 is 14.3 Å². The Morgan fingerprint density at radius 1 is 1.03 bits per heavy atom. The third-order valence-corrected chi connectivity index (χ3v) is 5.61. The van der Waals surface area contributed by atoms with Crippen LogP contribution in [0.1, 0.15) is 26.3 Å². The second-order valence-corrected chi connectivity index (χ2v) is 7.76. The first-order chi connectivity index (χ1) is 15.7. The fraction of sp³-hybridized carbons (Fsp3) is 0.391. The van der Waals surface area contributed by atoms with E-state index in [0.29, 0.717) is 32.7 Å². The molecule has 0 saturated heterocycles. The molecule has 0 atom stereocenters. The predicted octanol–water partition coefficient (Wildman–Crippen LogP) is 3.61. The van der Waals surface area contributed by atoms with Gasteiger partial charge in [0.05, 0.1) is 19.0 Å². The molecule has 3 aromatic rings. The molecule has 2 aromatic heterocycles. The number of pyridine rings is 1. The highest BCUT2D eigenvalue weighted by Gasteiger charge is 2.14. The molecule has 0 unspecified atom stereocenters. The number of carbonyl (C=O) groups is 1. The minimum atomic E-state index is -0.0397. The number of nitrogens with one attached hydrogen (secondary N) is 1. The minimum Gasteiger partial charge on any atom is -0.490 e. The summed E-state index contributed by atoms with van der Waals surface area (Å²) in [6.45, 7) is 8.34. The molecular formula is C23H29N5O3S. The summed E-state index contributed by atoms with van der Waals surface area (Å²) in [5.74, 6) is 2.49. The molecule has 9 heteroatoms. The minimum absolute atomic E-state index is 0.0397. The topological polar surface area (TPSA) is 91.2 Å². The molecule has 0 aliphatic carbocycles. The van der Waals surface area contributed by atoms with Gasteiger partial charge in [-0.3, -0.25) is 9.78 Å². The Morgan fingerprint density at radius 2 is 1.78 bits per heavy atom. The maximum Gasteiger partial charge on any atom is 0.230 e. The van der Waals surface area contributed by atoms with Crippen LogP contribution in [0.15, 0.2) is 47.9 Å². The maximum atomic E-state index is 12.3. The smallest absolute Gasteiger partial charge is 0.230 e. The quantitative estimate of drug-likeness (QED) is 0.417. The number of nitrogens with zero attached hydrogens (tertiary/aromatic N) is 4. The van der Waals surface area contributed by atoms with Crippen LogP contribution in [0.25, 0.3) is 11.4 Å². The number of hydrogen-bond donors (Lipinski definition) is 1. The van der Waals surface area contributed by atoms with Crippen molar-refractivity contribution in [3.05, 3.63) is 48.3 Å². The van der Waals surface area contributed by atoms with Crippen molar-refractivity contribution in [2.75, 3.05) is 25.5 Å². The highest BCUT2D eigenvalue weighted by molar-refractivity contribution is 7.99. The highest BCUT2D eigenvalue weighted by Crippen LogP contribution is 2.28. The number of aromatic nitrogens is 4. The van der Waals surface area contributed by atoms with Crippen LogP contribution < -0.4 is 14.8 Å². The van der Waals surface area contributed by atoms with Gasteiger partial charge in [0, 0.05) is 31.0 Å². The molecule has 170 valence electrons. The van der Waals surface area contributed by atoms with E-state index in [1.54, 1.807) is 12.4 Å². The van der Waals surface area contributed by atoms with Gasteiger partial charge in [0.25, 0.3) is 0 Å². The van der Waals surface area contributed by atoms with Gasteiger partial charge in [0.1, 0.15) is 0 Å². The largest absolute Gasteiger partial charge is 0.490 e. The van der Waals surface area contributed by atoms with Crippen LogP contribution in [0.2, 0.25) is 0 Å². The fourth-order valence-corrected chi connectivity index (χ4v) is 4.01. The number of thioether (sulfide) groups is 1. The summed E-state index contributed by atoms with van der Waals surface area (Å²) in [7, 11) is 0. The van der Waals surface area contributed by atoms with Crippen molar-refractivity contribution in [1.82, 2.24) is 25.1 Å². The molecule has 0 saturated carbocycles. The van der Waals surface area contributed by atoms with Gasteiger partial charge in [0.2, 0.25) is 5.91 Å². The summed E-state index contributed by atoms with van der Waals surface area (Å²) < 4.78 is 13.3. The molecule has 8 nitrogen and oxygen atoms in total. The molecule has 1 amide bonds. The Bertz CT molecular complexity index is 1010.